The SMILES string of the molecule is Cc1ccccc1C(=O)N1CCN(c2ccccc2C#N)CC1. The molecule has 0 aromatic heterocycles. The minimum absolute atomic E-state index is 0.0938. The third kappa shape index (κ3) is 3.04. The number of hydrogen-bond acceptors (Lipinski definition) is 3. The number of piperazine rings is 1. The molecule has 1 saturated heterocycles. The van der Waals surface area contributed by atoms with Gasteiger partial charge in [0, 0.05) is 31.7 Å². The molecule has 1 aliphatic rings. The molecule has 4 heteroatoms. The molecule has 4 nitrogen and oxygen atoms in total. The fraction of sp³-hybridized carbons (Fsp3) is 0.263. The van der Waals surface area contributed by atoms with Crippen LogP contribution < -0.4 is 4.90 Å². The summed E-state index contributed by atoms with van der Waals surface area (Å²) in [6, 6.07) is 17.6. The van der Waals surface area contributed by atoms with Crippen LogP contribution in [-0.2, 0) is 0 Å². The Morgan fingerprint density at radius 2 is 1.65 bits per heavy atom. The zero-order valence-electron chi connectivity index (χ0n) is 13.2. The molecule has 3 rings (SSSR count). The Hall–Kier alpha value is -2.80. The average Bonchev–Trinajstić information content (AvgIpc) is 2.61. The number of nitrogens with zero attached hydrogens (tertiary/aromatic N) is 3. The molecule has 0 aliphatic carbocycles. The van der Waals surface area contributed by atoms with Gasteiger partial charge in [0.25, 0.3) is 5.91 Å². The monoisotopic (exact) mass is 305 g/mol. The molecule has 1 fully saturated rings. The van der Waals surface area contributed by atoms with Crippen LogP contribution in [0.4, 0.5) is 5.69 Å². The van der Waals surface area contributed by atoms with E-state index in [1.165, 1.54) is 0 Å². The summed E-state index contributed by atoms with van der Waals surface area (Å²) >= 11 is 0. The lowest BCUT2D eigenvalue weighted by Crippen LogP contribution is -2.49. The minimum Gasteiger partial charge on any atom is -0.367 e. The summed E-state index contributed by atoms with van der Waals surface area (Å²) in [6.45, 7) is 4.80. The van der Waals surface area contributed by atoms with Gasteiger partial charge in [0.15, 0.2) is 0 Å². The second-order valence-electron chi connectivity index (χ2n) is 5.72. The van der Waals surface area contributed by atoms with Crippen LogP contribution in [0.5, 0.6) is 0 Å². The lowest BCUT2D eigenvalue weighted by atomic mass is 10.1. The predicted molar refractivity (Wildman–Crippen MR) is 90.5 cm³/mol. The lowest BCUT2D eigenvalue weighted by molar-refractivity contribution is 0.0746. The maximum absolute atomic E-state index is 12.6. The van der Waals surface area contributed by atoms with Crippen LogP contribution in [0.1, 0.15) is 21.5 Å². The summed E-state index contributed by atoms with van der Waals surface area (Å²) in [5, 5.41) is 9.23. The van der Waals surface area contributed by atoms with E-state index in [-0.39, 0.29) is 5.91 Å². The molecule has 23 heavy (non-hydrogen) atoms. The Balaban J connectivity index is 1.71. The van der Waals surface area contributed by atoms with Gasteiger partial charge in [-0.15, -0.1) is 0 Å². The van der Waals surface area contributed by atoms with Crippen molar-refractivity contribution in [3.05, 3.63) is 65.2 Å². The number of para-hydroxylation sites is 1. The first kappa shape index (κ1) is 15.1. The van der Waals surface area contributed by atoms with Gasteiger partial charge in [-0.3, -0.25) is 4.79 Å². The van der Waals surface area contributed by atoms with Gasteiger partial charge in [0.2, 0.25) is 0 Å². The first-order chi connectivity index (χ1) is 11.2. The minimum atomic E-state index is 0.0938. The van der Waals surface area contributed by atoms with Gasteiger partial charge in [-0.1, -0.05) is 30.3 Å². The summed E-state index contributed by atoms with van der Waals surface area (Å²) in [5.74, 6) is 0.0938. The van der Waals surface area contributed by atoms with Crippen LogP contribution in [-0.4, -0.2) is 37.0 Å². The smallest absolute Gasteiger partial charge is 0.254 e. The number of carbonyl (C=O) groups is 1. The summed E-state index contributed by atoms with van der Waals surface area (Å²) in [4.78, 5) is 16.7. The number of aryl methyl sites for hydroxylation is 1. The number of rotatable bonds is 2. The number of anilines is 1. The molecule has 1 heterocycles. The molecular weight excluding hydrogens is 286 g/mol. The largest absolute Gasteiger partial charge is 0.367 e. The Morgan fingerprint density at radius 1 is 1.00 bits per heavy atom. The van der Waals surface area contributed by atoms with Crippen molar-refractivity contribution in [2.45, 2.75) is 6.92 Å². The maximum Gasteiger partial charge on any atom is 0.254 e. The Bertz CT molecular complexity index is 755. The Morgan fingerprint density at radius 3 is 2.35 bits per heavy atom. The molecule has 0 radical (unpaired) electrons. The molecule has 1 aliphatic heterocycles. The second-order valence-corrected chi connectivity index (χ2v) is 5.72. The fourth-order valence-electron chi connectivity index (χ4n) is 2.98. The van der Waals surface area contributed by atoms with Crippen molar-refractivity contribution in [1.29, 1.82) is 5.26 Å². The van der Waals surface area contributed by atoms with Gasteiger partial charge in [0.05, 0.1) is 11.3 Å². The van der Waals surface area contributed by atoms with E-state index in [2.05, 4.69) is 11.0 Å². The normalized spacial score (nSPS) is 14.4. The van der Waals surface area contributed by atoms with Crippen molar-refractivity contribution in [3.8, 4) is 6.07 Å². The average molecular weight is 305 g/mol. The van der Waals surface area contributed by atoms with E-state index in [1.807, 2.05) is 60.4 Å². The van der Waals surface area contributed by atoms with E-state index in [4.69, 9.17) is 0 Å². The van der Waals surface area contributed by atoms with Crippen LogP contribution in [0, 0.1) is 18.3 Å². The summed E-state index contributed by atoms with van der Waals surface area (Å²) < 4.78 is 0. The number of carbonyl (C=O) groups excluding carboxylic acids is 1. The summed E-state index contributed by atoms with van der Waals surface area (Å²) in [6.07, 6.45) is 0. The van der Waals surface area contributed by atoms with Crippen molar-refractivity contribution >= 4 is 11.6 Å². The van der Waals surface area contributed by atoms with Crippen LogP contribution in [0.2, 0.25) is 0 Å². The quantitative estimate of drug-likeness (QED) is 0.857. The van der Waals surface area contributed by atoms with E-state index in [1.54, 1.807) is 0 Å². The van der Waals surface area contributed by atoms with Gasteiger partial charge in [0.1, 0.15) is 6.07 Å². The highest BCUT2D eigenvalue weighted by Gasteiger charge is 2.24. The van der Waals surface area contributed by atoms with E-state index in [0.717, 1.165) is 29.9 Å². The molecule has 0 bridgehead atoms. The van der Waals surface area contributed by atoms with Crippen molar-refractivity contribution in [2.75, 3.05) is 31.1 Å². The van der Waals surface area contributed by atoms with E-state index < -0.39 is 0 Å². The standard InChI is InChI=1S/C19H19N3O/c1-15-6-2-4-8-17(15)19(23)22-12-10-21(11-13-22)18-9-5-3-7-16(18)14-20/h2-9H,10-13H2,1H3. The fourth-order valence-corrected chi connectivity index (χ4v) is 2.98. The first-order valence-corrected chi connectivity index (χ1v) is 7.79. The van der Waals surface area contributed by atoms with Crippen molar-refractivity contribution in [3.63, 3.8) is 0 Å². The van der Waals surface area contributed by atoms with Gasteiger partial charge < -0.3 is 9.80 Å². The Kier molecular flexibility index (Phi) is 4.29. The van der Waals surface area contributed by atoms with Crippen LogP contribution in [0.25, 0.3) is 0 Å². The molecular formula is C19H19N3O. The first-order valence-electron chi connectivity index (χ1n) is 7.79. The highest BCUT2D eigenvalue weighted by molar-refractivity contribution is 5.95. The molecule has 0 saturated carbocycles. The molecule has 2 aromatic carbocycles. The third-order valence-electron chi connectivity index (χ3n) is 4.31. The van der Waals surface area contributed by atoms with Gasteiger partial charge in [-0.2, -0.15) is 5.26 Å². The predicted octanol–water partition coefficient (Wildman–Crippen LogP) is 2.83. The number of hydrogen-bond donors (Lipinski definition) is 0. The molecule has 0 atom stereocenters. The van der Waals surface area contributed by atoms with Crippen molar-refractivity contribution in [2.24, 2.45) is 0 Å². The molecule has 0 spiro atoms. The second kappa shape index (κ2) is 6.53. The summed E-state index contributed by atoms with van der Waals surface area (Å²) in [5.41, 5.74) is 3.43. The Labute approximate surface area is 136 Å². The highest BCUT2D eigenvalue weighted by Crippen LogP contribution is 2.22. The maximum atomic E-state index is 12.6. The number of benzene rings is 2. The van der Waals surface area contributed by atoms with Gasteiger partial charge in [-0.25, -0.2) is 0 Å². The topological polar surface area (TPSA) is 47.3 Å². The van der Waals surface area contributed by atoms with E-state index in [0.29, 0.717) is 18.7 Å². The molecule has 116 valence electrons. The molecule has 0 N–H and O–H groups in total. The van der Waals surface area contributed by atoms with E-state index >= 15 is 0 Å². The number of nitriles is 1. The van der Waals surface area contributed by atoms with Crippen LogP contribution >= 0.6 is 0 Å². The zero-order chi connectivity index (χ0) is 16.2. The van der Waals surface area contributed by atoms with Crippen molar-refractivity contribution in [1.82, 2.24) is 4.90 Å². The van der Waals surface area contributed by atoms with Gasteiger partial charge >= 0.3 is 0 Å². The zero-order valence-corrected chi connectivity index (χ0v) is 13.2. The lowest BCUT2D eigenvalue weighted by Gasteiger charge is -2.36. The van der Waals surface area contributed by atoms with Crippen LogP contribution in [0.15, 0.2) is 48.5 Å². The van der Waals surface area contributed by atoms with Crippen molar-refractivity contribution < 1.29 is 4.79 Å². The molecule has 0 unspecified atom stereocenters. The highest BCUT2D eigenvalue weighted by atomic mass is 16.2. The number of amides is 1. The van der Waals surface area contributed by atoms with Crippen LogP contribution in [0.3, 0.4) is 0 Å². The molecule has 1 amide bonds. The summed E-state index contributed by atoms with van der Waals surface area (Å²) in [7, 11) is 0. The third-order valence-corrected chi connectivity index (χ3v) is 4.31. The van der Waals surface area contributed by atoms with Gasteiger partial charge in [-0.05, 0) is 30.7 Å². The van der Waals surface area contributed by atoms with E-state index in [9.17, 15) is 10.1 Å². The molecule has 2 aromatic rings.